The smallest absolute Gasteiger partial charge is 0.324 e. The van der Waals surface area contributed by atoms with Crippen LogP contribution in [0.15, 0.2) is 23.1 Å². The molecule has 0 aliphatic heterocycles. The molecule has 0 fully saturated rings. The molecule has 1 aromatic carbocycles. The van der Waals surface area contributed by atoms with Crippen molar-refractivity contribution in [3.63, 3.8) is 0 Å². The van der Waals surface area contributed by atoms with E-state index in [1.165, 1.54) is 32.4 Å². The highest BCUT2D eigenvalue weighted by molar-refractivity contribution is 7.89. The van der Waals surface area contributed by atoms with Crippen LogP contribution in [-0.2, 0) is 19.6 Å². The van der Waals surface area contributed by atoms with E-state index in [0.29, 0.717) is 5.75 Å². The van der Waals surface area contributed by atoms with E-state index in [-0.39, 0.29) is 16.7 Å². The molecule has 9 nitrogen and oxygen atoms in total. The molecule has 0 unspecified atom stereocenters. The highest BCUT2D eigenvalue weighted by atomic mass is 32.2. The molecule has 0 saturated carbocycles. The second kappa shape index (κ2) is 7.79. The summed E-state index contributed by atoms with van der Waals surface area (Å²) in [7, 11) is -1.30. The molecular formula is C13H19N3O6S. The minimum Gasteiger partial charge on any atom is -0.493 e. The summed E-state index contributed by atoms with van der Waals surface area (Å²) in [6.45, 7) is 3.33. The van der Waals surface area contributed by atoms with Crippen LogP contribution in [0.1, 0.15) is 13.8 Å². The van der Waals surface area contributed by atoms with Crippen LogP contribution in [0.3, 0.4) is 0 Å². The molecule has 0 heterocycles. The zero-order valence-electron chi connectivity index (χ0n) is 13.2. The van der Waals surface area contributed by atoms with Gasteiger partial charge in [-0.05, 0) is 26.0 Å². The van der Waals surface area contributed by atoms with Crippen LogP contribution >= 0.6 is 0 Å². The zero-order chi connectivity index (χ0) is 17.6. The number of carbonyl (C=O) groups excluding carboxylic acids is 2. The van der Waals surface area contributed by atoms with Gasteiger partial charge in [0.15, 0.2) is 11.5 Å². The first-order valence-electron chi connectivity index (χ1n) is 6.56. The van der Waals surface area contributed by atoms with Gasteiger partial charge in [-0.15, -0.1) is 4.83 Å². The van der Waals surface area contributed by atoms with Crippen LogP contribution in [0, 0.1) is 0 Å². The maximum Gasteiger partial charge on any atom is 0.324 e. The van der Waals surface area contributed by atoms with Gasteiger partial charge in [-0.3, -0.25) is 15.0 Å². The summed E-state index contributed by atoms with van der Waals surface area (Å²) < 4.78 is 34.2. The average molecular weight is 345 g/mol. The van der Waals surface area contributed by atoms with Crippen molar-refractivity contribution in [3.05, 3.63) is 18.2 Å². The highest BCUT2D eigenvalue weighted by Gasteiger charge is 2.20. The van der Waals surface area contributed by atoms with Crippen molar-refractivity contribution >= 4 is 21.8 Å². The molecule has 1 aromatic rings. The van der Waals surface area contributed by atoms with Gasteiger partial charge >= 0.3 is 11.8 Å². The van der Waals surface area contributed by atoms with Gasteiger partial charge in [-0.1, -0.05) is 0 Å². The van der Waals surface area contributed by atoms with E-state index in [9.17, 15) is 18.0 Å². The van der Waals surface area contributed by atoms with Crippen LogP contribution in [-0.4, -0.2) is 40.5 Å². The molecule has 23 heavy (non-hydrogen) atoms. The number of rotatable bonds is 6. The topological polar surface area (TPSA) is 123 Å². The van der Waals surface area contributed by atoms with Crippen molar-refractivity contribution in [2.75, 3.05) is 14.2 Å². The van der Waals surface area contributed by atoms with E-state index in [1.807, 2.05) is 10.3 Å². The normalized spacial score (nSPS) is 11.0. The van der Waals surface area contributed by atoms with Crippen LogP contribution in [0.2, 0.25) is 0 Å². The van der Waals surface area contributed by atoms with E-state index in [4.69, 9.17) is 9.47 Å². The van der Waals surface area contributed by atoms with Crippen molar-refractivity contribution < 1.29 is 27.5 Å². The van der Waals surface area contributed by atoms with Crippen LogP contribution in [0.25, 0.3) is 0 Å². The molecule has 3 N–H and O–H groups in total. The fourth-order valence-corrected chi connectivity index (χ4v) is 2.39. The molecule has 0 spiro atoms. The molecule has 0 atom stereocenters. The Hall–Kier alpha value is -2.33. The standard InChI is InChI=1S/C13H19N3O6S/c1-8(2)14-12(17)13(18)15-16-23(19,20)9-5-6-10(21-3)11(7-9)22-4/h5-8,16H,1-4H3,(H,14,17)(H,15,18). The lowest BCUT2D eigenvalue weighted by molar-refractivity contribution is -0.139. The average Bonchev–Trinajstić information content (AvgIpc) is 2.51. The molecule has 0 aliphatic rings. The molecular weight excluding hydrogens is 326 g/mol. The summed E-state index contributed by atoms with van der Waals surface area (Å²) in [5, 5.41) is 2.33. The Bertz CT molecular complexity index is 687. The van der Waals surface area contributed by atoms with Crippen molar-refractivity contribution in [3.8, 4) is 11.5 Å². The Morgan fingerprint density at radius 3 is 2.17 bits per heavy atom. The van der Waals surface area contributed by atoms with Gasteiger partial charge in [-0.25, -0.2) is 8.42 Å². The number of sulfonamides is 1. The van der Waals surface area contributed by atoms with Crippen molar-refractivity contribution in [1.29, 1.82) is 0 Å². The van der Waals surface area contributed by atoms with Crippen LogP contribution < -0.4 is 25.0 Å². The Labute approximate surface area is 134 Å². The summed E-state index contributed by atoms with van der Waals surface area (Å²) in [6, 6.07) is 3.64. The Morgan fingerprint density at radius 1 is 1.04 bits per heavy atom. The lowest BCUT2D eigenvalue weighted by Gasteiger charge is -2.12. The maximum absolute atomic E-state index is 12.1. The quantitative estimate of drug-likeness (QED) is 0.473. The molecule has 0 saturated heterocycles. The lowest BCUT2D eigenvalue weighted by atomic mass is 10.3. The minimum atomic E-state index is -4.07. The summed E-state index contributed by atoms with van der Waals surface area (Å²) in [4.78, 5) is 24.5. The third-order valence-corrected chi connectivity index (χ3v) is 3.84. The van der Waals surface area contributed by atoms with Crippen molar-refractivity contribution in [1.82, 2.24) is 15.6 Å². The summed E-state index contributed by atoms with van der Waals surface area (Å²) in [5.74, 6) is -1.51. The number of hydrogen-bond donors (Lipinski definition) is 3. The van der Waals surface area contributed by atoms with Gasteiger partial charge in [0.25, 0.3) is 10.0 Å². The third-order valence-electron chi connectivity index (χ3n) is 2.59. The Kier molecular flexibility index (Phi) is 6.34. The van der Waals surface area contributed by atoms with Crippen LogP contribution in [0.4, 0.5) is 0 Å². The van der Waals surface area contributed by atoms with Gasteiger partial charge in [0, 0.05) is 12.1 Å². The molecule has 2 amide bonds. The molecule has 0 bridgehead atoms. The number of nitrogens with one attached hydrogen (secondary N) is 3. The maximum atomic E-state index is 12.1. The van der Waals surface area contributed by atoms with Crippen molar-refractivity contribution in [2.24, 2.45) is 0 Å². The third kappa shape index (κ3) is 5.11. The number of carbonyl (C=O) groups is 2. The first kappa shape index (κ1) is 18.7. The number of methoxy groups -OCH3 is 2. The molecule has 10 heteroatoms. The number of ether oxygens (including phenoxy) is 2. The molecule has 1 rings (SSSR count). The first-order chi connectivity index (χ1) is 10.7. The molecule has 0 aromatic heterocycles. The lowest BCUT2D eigenvalue weighted by Crippen LogP contribution is -2.49. The largest absolute Gasteiger partial charge is 0.493 e. The number of hydrazine groups is 1. The van der Waals surface area contributed by atoms with Gasteiger partial charge in [0.05, 0.1) is 19.1 Å². The predicted octanol–water partition coefficient (Wildman–Crippen LogP) is -0.462. The molecule has 128 valence electrons. The number of hydrogen-bond acceptors (Lipinski definition) is 6. The Balaban J connectivity index is 2.84. The van der Waals surface area contributed by atoms with Gasteiger partial charge < -0.3 is 14.8 Å². The second-order valence-corrected chi connectivity index (χ2v) is 6.39. The minimum absolute atomic E-state index is 0.167. The SMILES string of the molecule is COc1ccc(S(=O)(=O)NNC(=O)C(=O)NC(C)C)cc1OC. The van der Waals surface area contributed by atoms with Gasteiger partial charge in [0.2, 0.25) is 0 Å². The summed E-state index contributed by atoms with van der Waals surface area (Å²) in [6.07, 6.45) is 0. The van der Waals surface area contributed by atoms with Gasteiger partial charge in [-0.2, -0.15) is 0 Å². The van der Waals surface area contributed by atoms with E-state index < -0.39 is 21.8 Å². The van der Waals surface area contributed by atoms with E-state index >= 15 is 0 Å². The van der Waals surface area contributed by atoms with Crippen molar-refractivity contribution in [2.45, 2.75) is 24.8 Å². The second-order valence-electron chi connectivity index (χ2n) is 4.70. The zero-order valence-corrected chi connectivity index (χ0v) is 14.0. The summed E-state index contributed by atoms with van der Waals surface area (Å²) >= 11 is 0. The number of amides is 2. The van der Waals surface area contributed by atoms with E-state index in [1.54, 1.807) is 13.8 Å². The molecule has 0 aliphatic carbocycles. The van der Waals surface area contributed by atoms with Crippen LogP contribution in [0.5, 0.6) is 11.5 Å². The van der Waals surface area contributed by atoms with E-state index in [2.05, 4.69) is 5.32 Å². The first-order valence-corrected chi connectivity index (χ1v) is 8.04. The monoisotopic (exact) mass is 345 g/mol. The number of benzene rings is 1. The fraction of sp³-hybridized carbons (Fsp3) is 0.385. The van der Waals surface area contributed by atoms with E-state index in [0.717, 1.165) is 0 Å². The highest BCUT2D eigenvalue weighted by Crippen LogP contribution is 2.29. The molecule has 0 radical (unpaired) electrons. The Morgan fingerprint density at radius 2 is 1.65 bits per heavy atom. The fourth-order valence-electron chi connectivity index (χ4n) is 1.54. The predicted molar refractivity (Wildman–Crippen MR) is 81.3 cm³/mol. The van der Waals surface area contributed by atoms with Gasteiger partial charge in [0.1, 0.15) is 0 Å². The summed E-state index contributed by atoms with van der Waals surface area (Å²) in [5.41, 5.74) is 1.83.